The van der Waals surface area contributed by atoms with Gasteiger partial charge in [0.25, 0.3) is 5.91 Å². The van der Waals surface area contributed by atoms with E-state index < -0.39 is 5.60 Å². The first-order valence-corrected chi connectivity index (χ1v) is 11.3. The molecule has 4 aliphatic carbocycles. The Balaban J connectivity index is 1.62. The average Bonchev–Trinajstić information content (AvgIpc) is 2.79. The monoisotopic (exact) mass is 404 g/mol. The molecule has 1 heterocycles. The fourth-order valence-electron chi connectivity index (χ4n) is 5.95. The highest BCUT2D eigenvalue weighted by Crippen LogP contribution is 2.60. The third-order valence-corrected chi connectivity index (χ3v) is 7.88. The zero-order chi connectivity index (χ0) is 20.3. The van der Waals surface area contributed by atoms with E-state index in [1.165, 1.54) is 30.6 Å². The lowest BCUT2D eigenvalue weighted by atomic mass is 9.49. The van der Waals surface area contributed by atoms with E-state index in [0.717, 1.165) is 29.8 Å². The zero-order valence-electron chi connectivity index (χ0n) is 17.7. The minimum absolute atomic E-state index is 0.0470. The van der Waals surface area contributed by atoms with Gasteiger partial charge >= 0.3 is 5.97 Å². The summed E-state index contributed by atoms with van der Waals surface area (Å²) in [6.07, 6.45) is 6.96. The molecule has 0 aliphatic heterocycles. The molecule has 0 aromatic carbocycles. The second-order valence-corrected chi connectivity index (χ2v) is 11.5. The third kappa shape index (κ3) is 3.72. The summed E-state index contributed by atoms with van der Waals surface area (Å²) in [5.74, 6) is 1.89. The minimum atomic E-state index is -0.525. The van der Waals surface area contributed by atoms with E-state index in [2.05, 4.69) is 4.99 Å². The van der Waals surface area contributed by atoms with Crippen LogP contribution in [-0.2, 0) is 20.9 Å². The first-order chi connectivity index (χ1) is 13.0. The predicted molar refractivity (Wildman–Crippen MR) is 109 cm³/mol. The van der Waals surface area contributed by atoms with E-state index in [0.29, 0.717) is 22.6 Å². The molecule has 0 atom stereocenters. The highest BCUT2D eigenvalue weighted by atomic mass is 32.1. The van der Waals surface area contributed by atoms with Gasteiger partial charge in [0, 0.05) is 10.6 Å². The number of carbonyl (C=O) groups excluding carboxylic acids is 2. The van der Waals surface area contributed by atoms with Gasteiger partial charge in [0.15, 0.2) is 4.80 Å². The van der Waals surface area contributed by atoms with Crippen LogP contribution in [0.5, 0.6) is 0 Å². The second-order valence-electron chi connectivity index (χ2n) is 10.3. The van der Waals surface area contributed by atoms with E-state index in [4.69, 9.17) is 4.74 Å². The van der Waals surface area contributed by atoms with Crippen LogP contribution < -0.4 is 4.80 Å². The molecule has 5 rings (SSSR count). The number of hydrogen-bond acceptors (Lipinski definition) is 4. The lowest BCUT2D eigenvalue weighted by Gasteiger charge is -2.55. The average molecular weight is 405 g/mol. The molecule has 0 radical (unpaired) electrons. The van der Waals surface area contributed by atoms with Gasteiger partial charge < -0.3 is 9.30 Å². The van der Waals surface area contributed by atoms with Crippen LogP contribution in [0, 0.1) is 37.0 Å². The van der Waals surface area contributed by atoms with Crippen LogP contribution in [0.15, 0.2) is 4.99 Å². The minimum Gasteiger partial charge on any atom is -0.459 e. The summed E-state index contributed by atoms with van der Waals surface area (Å²) in [5.41, 5.74) is 0.209. The first kappa shape index (κ1) is 19.9. The molecule has 0 spiro atoms. The van der Waals surface area contributed by atoms with Crippen molar-refractivity contribution in [1.82, 2.24) is 4.57 Å². The van der Waals surface area contributed by atoms with Crippen LogP contribution >= 0.6 is 11.3 Å². The summed E-state index contributed by atoms with van der Waals surface area (Å²) in [5, 5.41) is 0. The highest BCUT2D eigenvalue weighted by Gasteiger charge is 2.54. The molecule has 154 valence electrons. The van der Waals surface area contributed by atoms with E-state index in [1.54, 1.807) is 0 Å². The van der Waals surface area contributed by atoms with E-state index in [-0.39, 0.29) is 23.8 Å². The summed E-state index contributed by atoms with van der Waals surface area (Å²) in [6.45, 7) is 9.68. The topological polar surface area (TPSA) is 60.7 Å². The van der Waals surface area contributed by atoms with Crippen molar-refractivity contribution >= 4 is 23.2 Å². The molecule has 4 saturated carbocycles. The van der Waals surface area contributed by atoms with Crippen molar-refractivity contribution in [1.29, 1.82) is 0 Å². The largest absolute Gasteiger partial charge is 0.459 e. The Morgan fingerprint density at radius 2 is 1.64 bits per heavy atom. The number of amides is 1. The number of thiazole rings is 1. The Labute approximate surface area is 171 Å². The van der Waals surface area contributed by atoms with Crippen molar-refractivity contribution < 1.29 is 14.3 Å². The molecule has 1 aromatic heterocycles. The molecular formula is C22H32N2O3S. The van der Waals surface area contributed by atoms with Gasteiger partial charge in [0.2, 0.25) is 0 Å². The Morgan fingerprint density at radius 1 is 1.11 bits per heavy atom. The van der Waals surface area contributed by atoms with Crippen molar-refractivity contribution in [2.75, 3.05) is 0 Å². The van der Waals surface area contributed by atoms with Crippen LogP contribution in [0.1, 0.15) is 69.9 Å². The predicted octanol–water partition coefficient (Wildman–Crippen LogP) is 4.15. The van der Waals surface area contributed by atoms with Crippen molar-refractivity contribution in [3.05, 3.63) is 15.4 Å². The maximum atomic E-state index is 13.4. The van der Waals surface area contributed by atoms with Gasteiger partial charge in [-0.15, -0.1) is 11.3 Å². The zero-order valence-corrected chi connectivity index (χ0v) is 18.5. The van der Waals surface area contributed by atoms with Crippen molar-refractivity contribution in [2.24, 2.45) is 28.2 Å². The molecule has 28 heavy (non-hydrogen) atoms. The Morgan fingerprint density at radius 3 is 2.14 bits per heavy atom. The van der Waals surface area contributed by atoms with Crippen molar-refractivity contribution in [3.63, 3.8) is 0 Å². The van der Waals surface area contributed by atoms with Crippen LogP contribution in [0.3, 0.4) is 0 Å². The number of aryl methyl sites for hydroxylation is 1. The molecule has 5 nitrogen and oxygen atoms in total. The maximum absolute atomic E-state index is 13.4. The summed E-state index contributed by atoms with van der Waals surface area (Å²) in [4.78, 5) is 32.1. The van der Waals surface area contributed by atoms with E-state index in [9.17, 15) is 9.59 Å². The molecule has 1 amide bonds. The molecule has 4 bridgehead atoms. The molecule has 0 N–H and O–H groups in total. The van der Waals surface area contributed by atoms with Crippen LogP contribution in [0.25, 0.3) is 0 Å². The quantitative estimate of drug-likeness (QED) is 0.711. The van der Waals surface area contributed by atoms with E-state index in [1.807, 2.05) is 39.2 Å². The molecule has 6 heteroatoms. The number of esters is 1. The number of rotatable bonds is 3. The number of carbonyl (C=O) groups is 2. The molecule has 4 fully saturated rings. The van der Waals surface area contributed by atoms with Crippen LogP contribution in [0.4, 0.5) is 0 Å². The molecule has 4 aliphatic rings. The highest BCUT2D eigenvalue weighted by molar-refractivity contribution is 7.09. The normalized spacial score (nSPS) is 32.0. The van der Waals surface area contributed by atoms with Crippen molar-refractivity contribution in [3.8, 4) is 0 Å². The van der Waals surface area contributed by atoms with Gasteiger partial charge in [0.1, 0.15) is 12.1 Å². The molecule has 0 saturated heterocycles. The van der Waals surface area contributed by atoms with Gasteiger partial charge in [0.05, 0.1) is 5.41 Å². The Kier molecular flexibility index (Phi) is 4.84. The SMILES string of the molecule is Cc1sc(=NC(=O)C23CC4CC(CC(C4)C2)C3)n(CC(=O)OC(C)(C)C)c1C. The number of nitrogens with zero attached hydrogens (tertiary/aromatic N) is 2. The lowest BCUT2D eigenvalue weighted by Crippen LogP contribution is -2.50. The van der Waals surface area contributed by atoms with E-state index >= 15 is 0 Å². The smallest absolute Gasteiger partial charge is 0.326 e. The van der Waals surface area contributed by atoms with Crippen LogP contribution in [0.2, 0.25) is 0 Å². The summed E-state index contributed by atoms with van der Waals surface area (Å²) in [6, 6.07) is 0. The standard InChI is InChI=1S/C22H32N2O3S/c1-13-14(2)28-20(24(13)12-18(25)27-21(3,4)5)23-19(26)22-9-15-6-16(10-22)8-17(7-15)11-22/h15-17H,6-12H2,1-5H3. The molecule has 1 aromatic rings. The number of hydrogen-bond donors (Lipinski definition) is 0. The first-order valence-electron chi connectivity index (χ1n) is 10.5. The number of ether oxygens (including phenoxy) is 1. The molecular weight excluding hydrogens is 372 g/mol. The Bertz CT molecular complexity index is 836. The molecule has 0 unspecified atom stereocenters. The number of aromatic nitrogens is 1. The van der Waals surface area contributed by atoms with Gasteiger partial charge in [-0.05, 0) is 90.9 Å². The summed E-state index contributed by atoms with van der Waals surface area (Å²) in [7, 11) is 0. The van der Waals surface area contributed by atoms with Crippen LogP contribution in [-0.4, -0.2) is 22.0 Å². The second kappa shape index (κ2) is 6.82. The van der Waals surface area contributed by atoms with Crippen molar-refractivity contribution in [2.45, 2.75) is 85.3 Å². The fourth-order valence-corrected chi connectivity index (χ4v) is 6.92. The van der Waals surface area contributed by atoms with Gasteiger partial charge in [-0.2, -0.15) is 4.99 Å². The third-order valence-electron chi connectivity index (χ3n) is 6.79. The summed E-state index contributed by atoms with van der Waals surface area (Å²) >= 11 is 1.50. The lowest BCUT2D eigenvalue weighted by molar-refractivity contribution is -0.155. The van der Waals surface area contributed by atoms with Gasteiger partial charge in [-0.25, -0.2) is 0 Å². The Hall–Kier alpha value is -1.43. The fraction of sp³-hybridized carbons (Fsp3) is 0.773. The van der Waals surface area contributed by atoms with Gasteiger partial charge in [-0.1, -0.05) is 0 Å². The van der Waals surface area contributed by atoms with Gasteiger partial charge in [-0.3, -0.25) is 9.59 Å². The maximum Gasteiger partial charge on any atom is 0.326 e. The summed E-state index contributed by atoms with van der Waals surface area (Å²) < 4.78 is 7.34.